The highest BCUT2D eigenvalue weighted by atomic mass is 35.5. The zero-order valence-corrected chi connectivity index (χ0v) is 12.3. The molecule has 1 aliphatic rings. The summed E-state index contributed by atoms with van der Waals surface area (Å²) in [7, 11) is 0. The average molecular weight is 298 g/mol. The second-order valence-corrected chi connectivity index (χ2v) is 5.24. The first-order chi connectivity index (χ1) is 9.65. The van der Waals surface area contributed by atoms with Crippen molar-refractivity contribution >= 4 is 23.3 Å². The predicted octanol–water partition coefficient (Wildman–Crippen LogP) is 1.38. The lowest BCUT2D eigenvalue weighted by molar-refractivity contribution is 0.215. The summed E-state index contributed by atoms with van der Waals surface area (Å²) < 4.78 is 0. The third-order valence-electron chi connectivity index (χ3n) is 3.63. The van der Waals surface area contributed by atoms with Crippen LogP contribution in [0.1, 0.15) is 13.3 Å². The standard InChI is InChI=1S/C13H20ClN5O/c1-2-11(13(15)17-20)18-5-7-19(8-6-18)12-4-3-10(14)9-16-12/h3-4,9,11,20H,2,5-8H2,1H3,(H2,15,17). The summed E-state index contributed by atoms with van der Waals surface area (Å²) in [5.74, 6) is 1.22. The SMILES string of the molecule is CCC(C(N)=NO)N1CCN(c2ccc(Cl)cn2)CC1. The summed E-state index contributed by atoms with van der Waals surface area (Å²) in [5.41, 5.74) is 5.74. The zero-order valence-electron chi connectivity index (χ0n) is 11.5. The van der Waals surface area contributed by atoms with Crippen molar-refractivity contribution in [1.82, 2.24) is 9.88 Å². The topological polar surface area (TPSA) is 78.0 Å². The number of nitrogens with zero attached hydrogens (tertiary/aromatic N) is 4. The molecule has 0 spiro atoms. The van der Waals surface area contributed by atoms with Crippen LogP contribution in [0.25, 0.3) is 0 Å². The van der Waals surface area contributed by atoms with Crippen LogP contribution in [-0.2, 0) is 0 Å². The number of hydrogen-bond acceptors (Lipinski definition) is 5. The van der Waals surface area contributed by atoms with Gasteiger partial charge in [-0.2, -0.15) is 0 Å². The number of pyridine rings is 1. The molecule has 2 heterocycles. The van der Waals surface area contributed by atoms with Crippen LogP contribution >= 0.6 is 11.6 Å². The first kappa shape index (κ1) is 14.9. The van der Waals surface area contributed by atoms with Crippen LogP contribution in [0.4, 0.5) is 5.82 Å². The largest absolute Gasteiger partial charge is 0.409 e. The number of oxime groups is 1. The third kappa shape index (κ3) is 3.32. The molecule has 20 heavy (non-hydrogen) atoms. The second-order valence-electron chi connectivity index (χ2n) is 4.81. The predicted molar refractivity (Wildman–Crippen MR) is 80.5 cm³/mol. The molecule has 0 amide bonds. The minimum Gasteiger partial charge on any atom is -0.409 e. The Balaban J connectivity index is 1.96. The van der Waals surface area contributed by atoms with E-state index >= 15 is 0 Å². The maximum atomic E-state index is 8.83. The summed E-state index contributed by atoms with van der Waals surface area (Å²) in [6.07, 6.45) is 2.49. The Morgan fingerprint density at radius 3 is 2.65 bits per heavy atom. The number of anilines is 1. The minimum absolute atomic E-state index is 0.000303. The molecule has 1 fully saturated rings. The van der Waals surface area contributed by atoms with Crippen molar-refractivity contribution in [3.05, 3.63) is 23.4 Å². The molecule has 1 unspecified atom stereocenters. The van der Waals surface area contributed by atoms with Gasteiger partial charge < -0.3 is 15.8 Å². The molecule has 1 aliphatic heterocycles. The number of amidine groups is 1. The highest BCUT2D eigenvalue weighted by molar-refractivity contribution is 6.30. The van der Waals surface area contributed by atoms with E-state index in [0.29, 0.717) is 5.02 Å². The fraction of sp³-hybridized carbons (Fsp3) is 0.538. The number of aromatic nitrogens is 1. The fourth-order valence-electron chi connectivity index (χ4n) is 2.54. The Bertz CT molecular complexity index is 456. The van der Waals surface area contributed by atoms with Gasteiger partial charge >= 0.3 is 0 Å². The van der Waals surface area contributed by atoms with E-state index in [1.54, 1.807) is 6.20 Å². The van der Waals surface area contributed by atoms with Crippen molar-refractivity contribution < 1.29 is 5.21 Å². The molecule has 6 nitrogen and oxygen atoms in total. The summed E-state index contributed by atoms with van der Waals surface area (Å²) in [4.78, 5) is 8.78. The van der Waals surface area contributed by atoms with Crippen molar-refractivity contribution in [3.8, 4) is 0 Å². The van der Waals surface area contributed by atoms with E-state index in [-0.39, 0.29) is 11.9 Å². The molecule has 0 radical (unpaired) electrons. The Morgan fingerprint density at radius 2 is 2.15 bits per heavy atom. The number of rotatable bonds is 4. The van der Waals surface area contributed by atoms with Gasteiger partial charge in [-0.15, -0.1) is 0 Å². The van der Waals surface area contributed by atoms with Crippen LogP contribution < -0.4 is 10.6 Å². The molecule has 1 aromatic heterocycles. The lowest BCUT2D eigenvalue weighted by Gasteiger charge is -2.38. The molecule has 0 aromatic carbocycles. The highest BCUT2D eigenvalue weighted by Gasteiger charge is 2.25. The molecule has 2 rings (SSSR count). The van der Waals surface area contributed by atoms with Gasteiger partial charge in [-0.3, -0.25) is 4.90 Å². The van der Waals surface area contributed by atoms with E-state index in [9.17, 15) is 0 Å². The van der Waals surface area contributed by atoms with Crippen LogP contribution in [0.15, 0.2) is 23.5 Å². The average Bonchev–Trinajstić information content (AvgIpc) is 2.49. The van der Waals surface area contributed by atoms with Gasteiger partial charge in [-0.1, -0.05) is 23.7 Å². The summed E-state index contributed by atoms with van der Waals surface area (Å²) in [6, 6.07) is 3.78. The second kappa shape index (κ2) is 6.76. The Hall–Kier alpha value is -1.53. The highest BCUT2D eigenvalue weighted by Crippen LogP contribution is 2.17. The molecular formula is C13H20ClN5O. The molecule has 1 aromatic rings. The Morgan fingerprint density at radius 1 is 1.45 bits per heavy atom. The van der Waals surface area contributed by atoms with Gasteiger partial charge in [-0.25, -0.2) is 4.98 Å². The summed E-state index contributed by atoms with van der Waals surface area (Å²) >= 11 is 5.84. The third-order valence-corrected chi connectivity index (χ3v) is 3.86. The van der Waals surface area contributed by atoms with Crippen molar-refractivity contribution in [2.75, 3.05) is 31.1 Å². The smallest absolute Gasteiger partial charge is 0.156 e. The van der Waals surface area contributed by atoms with Crippen LogP contribution in [0.5, 0.6) is 0 Å². The van der Waals surface area contributed by atoms with Gasteiger partial charge in [0.15, 0.2) is 5.84 Å². The van der Waals surface area contributed by atoms with Gasteiger partial charge in [0.05, 0.1) is 11.1 Å². The van der Waals surface area contributed by atoms with Crippen molar-refractivity contribution in [3.63, 3.8) is 0 Å². The number of nitrogens with two attached hydrogens (primary N) is 1. The lowest BCUT2D eigenvalue weighted by atomic mass is 10.1. The number of halogens is 1. The van der Waals surface area contributed by atoms with Gasteiger partial charge in [-0.05, 0) is 18.6 Å². The van der Waals surface area contributed by atoms with Gasteiger partial charge in [0.2, 0.25) is 0 Å². The van der Waals surface area contributed by atoms with Crippen LogP contribution in [0, 0.1) is 0 Å². The van der Waals surface area contributed by atoms with Gasteiger partial charge in [0.25, 0.3) is 0 Å². The molecule has 0 saturated carbocycles. The fourth-order valence-corrected chi connectivity index (χ4v) is 2.65. The molecule has 0 bridgehead atoms. The molecule has 7 heteroatoms. The minimum atomic E-state index is 0.000303. The maximum absolute atomic E-state index is 8.83. The van der Waals surface area contributed by atoms with Crippen LogP contribution in [-0.4, -0.2) is 53.1 Å². The van der Waals surface area contributed by atoms with Gasteiger partial charge in [0, 0.05) is 32.4 Å². The van der Waals surface area contributed by atoms with E-state index in [1.807, 2.05) is 19.1 Å². The Kier molecular flexibility index (Phi) is 5.03. The molecule has 1 atom stereocenters. The summed E-state index contributed by atoms with van der Waals surface area (Å²) in [5, 5.41) is 12.6. The first-order valence-electron chi connectivity index (χ1n) is 6.73. The van der Waals surface area contributed by atoms with E-state index in [0.717, 1.165) is 38.4 Å². The van der Waals surface area contributed by atoms with Crippen molar-refractivity contribution in [1.29, 1.82) is 0 Å². The van der Waals surface area contributed by atoms with E-state index in [2.05, 4.69) is 19.9 Å². The van der Waals surface area contributed by atoms with E-state index < -0.39 is 0 Å². The first-order valence-corrected chi connectivity index (χ1v) is 7.11. The van der Waals surface area contributed by atoms with Crippen LogP contribution in [0.2, 0.25) is 5.02 Å². The molecular weight excluding hydrogens is 278 g/mol. The molecule has 3 N–H and O–H groups in total. The molecule has 0 aliphatic carbocycles. The number of hydrogen-bond donors (Lipinski definition) is 2. The monoisotopic (exact) mass is 297 g/mol. The summed E-state index contributed by atoms with van der Waals surface area (Å²) in [6.45, 7) is 5.49. The van der Waals surface area contributed by atoms with Gasteiger partial charge in [0.1, 0.15) is 5.82 Å². The zero-order chi connectivity index (χ0) is 14.5. The van der Waals surface area contributed by atoms with E-state index in [1.165, 1.54) is 0 Å². The van der Waals surface area contributed by atoms with Crippen LogP contribution in [0.3, 0.4) is 0 Å². The lowest BCUT2D eigenvalue weighted by Crippen LogP contribution is -2.54. The molecule has 110 valence electrons. The van der Waals surface area contributed by atoms with Crippen molar-refractivity contribution in [2.45, 2.75) is 19.4 Å². The molecule has 1 saturated heterocycles. The Labute approximate surface area is 123 Å². The normalized spacial score (nSPS) is 19.1. The maximum Gasteiger partial charge on any atom is 0.156 e. The quantitative estimate of drug-likeness (QED) is 0.380. The number of piperazine rings is 1. The van der Waals surface area contributed by atoms with E-state index in [4.69, 9.17) is 22.5 Å². The van der Waals surface area contributed by atoms with Crippen molar-refractivity contribution in [2.24, 2.45) is 10.9 Å².